The van der Waals surface area contributed by atoms with Gasteiger partial charge in [-0.25, -0.2) is 0 Å². The Morgan fingerprint density at radius 3 is 2.42 bits per heavy atom. The molecule has 0 N–H and O–H groups in total. The van der Waals surface area contributed by atoms with Crippen molar-refractivity contribution in [2.45, 2.75) is 78.7 Å². The summed E-state index contributed by atoms with van der Waals surface area (Å²) in [7, 11) is 0. The second-order valence-electron chi connectivity index (χ2n) is 9.60. The highest BCUT2D eigenvalue weighted by Crippen LogP contribution is 2.65. The Labute approximate surface area is 157 Å². The van der Waals surface area contributed by atoms with Gasteiger partial charge in [0.15, 0.2) is 5.78 Å². The molecule has 0 aromatic carbocycles. The zero-order valence-corrected chi connectivity index (χ0v) is 16.6. The van der Waals surface area contributed by atoms with E-state index in [1.54, 1.807) is 6.92 Å². The largest absolute Gasteiger partial charge is 0.462 e. The minimum atomic E-state index is -0.157. The number of esters is 1. The first-order valence-electron chi connectivity index (χ1n) is 10.3. The van der Waals surface area contributed by atoms with Crippen LogP contribution in [0.4, 0.5) is 0 Å². The summed E-state index contributed by atoms with van der Waals surface area (Å²) in [5.41, 5.74) is 2.96. The second-order valence-corrected chi connectivity index (χ2v) is 9.60. The van der Waals surface area contributed by atoms with Gasteiger partial charge in [0.1, 0.15) is 6.10 Å². The summed E-state index contributed by atoms with van der Waals surface area (Å²) in [5.74, 6) is 2.11. The maximum atomic E-state index is 12.2. The van der Waals surface area contributed by atoms with Crippen molar-refractivity contribution in [1.82, 2.24) is 0 Å². The molecule has 0 amide bonds. The molecule has 0 aromatic rings. The number of carbonyl (C=O) groups is 2. The molecule has 4 rings (SSSR count). The Morgan fingerprint density at radius 2 is 1.73 bits per heavy atom. The number of hydrogen-bond donors (Lipinski definition) is 0. The lowest BCUT2D eigenvalue weighted by Crippen LogP contribution is -2.50. The molecule has 0 heterocycles. The summed E-state index contributed by atoms with van der Waals surface area (Å²) < 4.78 is 5.52. The van der Waals surface area contributed by atoms with Crippen LogP contribution in [0.1, 0.15) is 72.6 Å². The van der Waals surface area contributed by atoms with E-state index in [0.29, 0.717) is 17.8 Å². The van der Waals surface area contributed by atoms with E-state index in [9.17, 15) is 9.59 Å². The number of Topliss-reactive ketones (excluding diaryl/α,β-unsaturated/α-hetero) is 1. The molecule has 4 aliphatic carbocycles. The Bertz CT molecular complexity index is 702. The molecule has 0 spiro atoms. The maximum absolute atomic E-state index is 12.2. The van der Waals surface area contributed by atoms with Gasteiger partial charge >= 0.3 is 5.97 Å². The van der Waals surface area contributed by atoms with Crippen LogP contribution in [0.5, 0.6) is 0 Å². The third-order valence-corrected chi connectivity index (χ3v) is 8.35. The third-order valence-electron chi connectivity index (χ3n) is 8.35. The van der Waals surface area contributed by atoms with Gasteiger partial charge in [-0.2, -0.15) is 0 Å². The van der Waals surface area contributed by atoms with Crippen LogP contribution < -0.4 is 0 Å². The molecule has 3 nitrogen and oxygen atoms in total. The Hall–Kier alpha value is -1.38. The van der Waals surface area contributed by atoms with Crippen LogP contribution in [-0.4, -0.2) is 17.9 Å². The molecule has 4 aliphatic rings. The highest BCUT2D eigenvalue weighted by atomic mass is 16.5. The van der Waals surface area contributed by atoms with E-state index in [2.05, 4.69) is 26.0 Å². The van der Waals surface area contributed by atoms with Gasteiger partial charge in [0.05, 0.1) is 0 Å². The first-order valence-corrected chi connectivity index (χ1v) is 10.3. The third kappa shape index (κ3) is 2.53. The van der Waals surface area contributed by atoms with Crippen LogP contribution in [-0.2, 0) is 14.3 Å². The van der Waals surface area contributed by atoms with Crippen molar-refractivity contribution in [3.8, 4) is 0 Å². The number of allylic oxidation sites excluding steroid dienone is 3. The Kier molecular flexibility index (Phi) is 4.20. The average Bonchev–Trinajstić information content (AvgIpc) is 2.92. The van der Waals surface area contributed by atoms with Gasteiger partial charge in [0.25, 0.3) is 0 Å². The normalized spacial score (nSPS) is 44.2. The molecular formula is C23H32O3. The van der Waals surface area contributed by atoms with Crippen molar-refractivity contribution < 1.29 is 14.3 Å². The van der Waals surface area contributed by atoms with E-state index < -0.39 is 0 Å². The lowest BCUT2D eigenvalue weighted by molar-refractivity contribution is -0.148. The van der Waals surface area contributed by atoms with Crippen molar-refractivity contribution >= 4 is 11.8 Å². The monoisotopic (exact) mass is 356 g/mol. The highest BCUT2D eigenvalue weighted by Gasteiger charge is 2.57. The number of hydrogen-bond acceptors (Lipinski definition) is 3. The fraction of sp³-hybridized carbons (Fsp3) is 0.739. The lowest BCUT2D eigenvalue weighted by Gasteiger charge is -2.57. The van der Waals surface area contributed by atoms with Crippen molar-refractivity contribution in [3.63, 3.8) is 0 Å². The van der Waals surface area contributed by atoms with Crippen LogP contribution in [0.15, 0.2) is 23.3 Å². The molecule has 142 valence electrons. The number of ether oxygens (including phenoxy) is 1. The molecule has 0 aliphatic heterocycles. The smallest absolute Gasteiger partial charge is 0.302 e. The molecule has 2 saturated carbocycles. The fourth-order valence-electron chi connectivity index (χ4n) is 7.08. The van der Waals surface area contributed by atoms with Gasteiger partial charge in [0, 0.05) is 13.3 Å². The van der Waals surface area contributed by atoms with Crippen molar-refractivity contribution in [2.75, 3.05) is 0 Å². The minimum Gasteiger partial charge on any atom is -0.462 e. The summed E-state index contributed by atoms with van der Waals surface area (Å²) in [6.45, 7) is 8.05. The molecule has 0 saturated heterocycles. The SMILES string of the molecule is CC(=O)O[C@H]1CC[C@@]2(C)C(=CC[C@H]3[C@H]2CC[C@]2(C)C(C(C)=O)=CC[C@@H]32)C1. The summed E-state index contributed by atoms with van der Waals surface area (Å²) >= 11 is 0. The van der Waals surface area contributed by atoms with E-state index >= 15 is 0 Å². The van der Waals surface area contributed by atoms with Crippen molar-refractivity contribution in [2.24, 2.45) is 28.6 Å². The summed E-state index contributed by atoms with van der Waals surface area (Å²) in [5, 5.41) is 0. The molecule has 26 heavy (non-hydrogen) atoms. The molecule has 0 aromatic heterocycles. The first kappa shape index (κ1) is 18.0. The molecule has 0 unspecified atom stereocenters. The second kappa shape index (κ2) is 6.07. The minimum absolute atomic E-state index is 0.0645. The Morgan fingerprint density at radius 1 is 1.00 bits per heavy atom. The summed E-state index contributed by atoms with van der Waals surface area (Å²) in [6, 6.07) is 0. The topological polar surface area (TPSA) is 43.4 Å². The number of ketones is 1. The van der Waals surface area contributed by atoms with Crippen LogP contribution in [0.2, 0.25) is 0 Å². The van der Waals surface area contributed by atoms with Gasteiger partial charge < -0.3 is 4.74 Å². The van der Waals surface area contributed by atoms with E-state index in [4.69, 9.17) is 4.74 Å². The van der Waals surface area contributed by atoms with Crippen LogP contribution in [0.3, 0.4) is 0 Å². The van der Waals surface area contributed by atoms with Crippen LogP contribution in [0, 0.1) is 28.6 Å². The molecule has 6 atom stereocenters. The maximum Gasteiger partial charge on any atom is 0.302 e. The molecular weight excluding hydrogens is 324 g/mol. The predicted molar refractivity (Wildman–Crippen MR) is 101 cm³/mol. The quantitative estimate of drug-likeness (QED) is 0.516. The number of carbonyl (C=O) groups excluding carboxylic acids is 2. The fourth-order valence-corrected chi connectivity index (χ4v) is 7.08. The van der Waals surface area contributed by atoms with Gasteiger partial charge in [-0.05, 0) is 79.6 Å². The van der Waals surface area contributed by atoms with Gasteiger partial charge in [-0.1, -0.05) is 31.6 Å². The van der Waals surface area contributed by atoms with E-state index in [-0.39, 0.29) is 28.7 Å². The lowest BCUT2D eigenvalue weighted by atomic mass is 9.47. The summed E-state index contributed by atoms with van der Waals surface area (Å²) in [6.07, 6.45) is 12.3. The predicted octanol–water partition coefficient (Wildman–Crippen LogP) is 5.01. The Balaban J connectivity index is 1.59. The number of fused-ring (bicyclic) bond motifs is 5. The standard InChI is InChI=1S/C23H32O3/c1-14(24)19-7-8-20-18-6-5-16-13-17(26-15(2)25)9-11-22(16,3)21(18)10-12-23(19,20)4/h5,7,17-18,20-21H,6,8-13H2,1-4H3/t17-,18+,20-,21+,22-,23+/m0/s1. The average molecular weight is 357 g/mol. The molecule has 0 bridgehead atoms. The van der Waals surface area contributed by atoms with Crippen LogP contribution in [0.25, 0.3) is 0 Å². The van der Waals surface area contributed by atoms with Gasteiger partial charge in [-0.3, -0.25) is 9.59 Å². The first-order chi connectivity index (χ1) is 12.3. The van der Waals surface area contributed by atoms with E-state index in [1.165, 1.54) is 18.9 Å². The molecule has 0 radical (unpaired) electrons. The van der Waals surface area contributed by atoms with Gasteiger partial charge in [-0.15, -0.1) is 0 Å². The van der Waals surface area contributed by atoms with Crippen molar-refractivity contribution in [1.29, 1.82) is 0 Å². The zero-order valence-electron chi connectivity index (χ0n) is 16.6. The zero-order chi connectivity index (χ0) is 18.7. The highest BCUT2D eigenvalue weighted by molar-refractivity contribution is 5.95. The molecule has 3 heteroatoms. The van der Waals surface area contributed by atoms with Crippen LogP contribution >= 0.6 is 0 Å². The van der Waals surface area contributed by atoms with E-state index in [1.807, 2.05) is 0 Å². The molecule has 2 fully saturated rings. The summed E-state index contributed by atoms with van der Waals surface area (Å²) in [4.78, 5) is 23.5. The van der Waals surface area contributed by atoms with E-state index in [0.717, 1.165) is 44.1 Å². The van der Waals surface area contributed by atoms with Gasteiger partial charge in [0.2, 0.25) is 0 Å². The number of rotatable bonds is 2. The van der Waals surface area contributed by atoms with Crippen molar-refractivity contribution in [3.05, 3.63) is 23.3 Å².